The molecule has 2 rings (SSSR count). The number of nitrogen functional groups attached to an aromatic ring is 1. The number of rotatable bonds is 5. The van der Waals surface area contributed by atoms with Crippen LogP contribution >= 0.6 is 0 Å². The first kappa shape index (κ1) is 15.0. The number of nitrogens with zero attached hydrogens (tertiary/aromatic N) is 2. The zero-order valence-corrected chi connectivity index (χ0v) is 12.4. The van der Waals surface area contributed by atoms with Gasteiger partial charge in [-0.3, -0.25) is 15.3 Å². The third kappa shape index (κ3) is 4.04. The standard InChI is InChI=1S/C16H26N4/c1-2-5-13-6-4-10-20(11-8-13)12-14-7-3-9-19-15(14)16(17)18/h3,7,9,13H,2,4-6,8,10-12H2,1H3,(H3,17,18). The number of hydrogen-bond acceptors (Lipinski definition) is 3. The van der Waals surface area contributed by atoms with Gasteiger partial charge in [-0.15, -0.1) is 0 Å². The molecule has 1 aromatic heterocycles. The van der Waals surface area contributed by atoms with Crippen LogP contribution in [0.5, 0.6) is 0 Å². The zero-order valence-electron chi connectivity index (χ0n) is 12.4. The Bertz CT molecular complexity index is 444. The summed E-state index contributed by atoms with van der Waals surface area (Å²) in [6.45, 7) is 5.43. The van der Waals surface area contributed by atoms with Gasteiger partial charge in [-0.1, -0.05) is 25.8 Å². The molecule has 0 bridgehead atoms. The molecule has 4 heteroatoms. The molecule has 1 saturated heterocycles. The summed E-state index contributed by atoms with van der Waals surface area (Å²) in [5.74, 6) is 0.963. The molecule has 1 atom stereocenters. The van der Waals surface area contributed by atoms with Crippen LogP contribution in [0.1, 0.15) is 50.3 Å². The van der Waals surface area contributed by atoms with E-state index in [-0.39, 0.29) is 5.84 Å². The number of aromatic nitrogens is 1. The Labute approximate surface area is 121 Å². The van der Waals surface area contributed by atoms with E-state index in [0.717, 1.165) is 31.1 Å². The fourth-order valence-electron chi connectivity index (χ4n) is 3.13. The molecule has 0 radical (unpaired) electrons. The van der Waals surface area contributed by atoms with E-state index < -0.39 is 0 Å². The van der Waals surface area contributed by atoms with E-state index in [1.54, 1.807) is 6.20 Å². The maximum absolute atomic E-state index is 7.62. The van der Waals surface area contributed by atoms with Crippen LogP contribution in [0, 0.1) is 11.3 Å². The normalized spacial score (nSPS) is 20.6. The fraction of sp³-hybridized carbons (Fsp3) is 0.625. The number of likely N-dealkylation sites (tertiary alicyclic amines) is 1. The summed E-state index contributed by atoms with van der Waals surface area (Å²) in [5.41, 5.74) is 7.33. The van der Waals surface area contributed by atoms with Crippen LogP contribution in [0.2, 0.25) is 0 Å². The third-order valence-electron chi connectivity index (χ3n) is 4.18. The Balaban J connectivity index is 1.98. The molecule has 1 aromatic rings. The van der Waals surface area contributed by atoms with Crippen LogP contribution in [0.25, 0.3) is 0 Å². The van der Waals surface area contributed by atoms with Crippen LogP contribution in [-0.4, -0.2) is 28.8 Å². The van der Waals surface area contributed by atoms with Crippen molar-refractivity contribution in [3.63, 3.8) is 0 Å². The Morgan fingerprint density at radius 2 is 2.30 bits per heavy atom. The van der Waals surface area contributed by atoms with Crippen molar-refractivity contribution in [2.75, 3.05) is 13.1 Å². The quantitative estimate of drug-likeness (QED) is 0.641. The summed E-state index contributed by atoms with van der Waals surface area (Å²) in [7, 11) is 0. The van der Waals surface area contributed by atoms with Gasteiger partial charge in [-0.05, 0) is 49.9 Å². The SMILES string of the molecule is CCCC1CCCN(Cc2cccnc2C(=N)N)CC1. The van der Waals surface area contributed by atoms with E-state index >= 15 is 0 Å². The zero-order chi connectivity index (χ0) is 14.4. The number of amidine groups is 1. The Kier molecular flexibility index (Phi) is 5.53. The van der Waals surface area contributed by atoms with Crippen LogP contribution in [0.3, 0.4) is 0 Å². The van der Waals surface area contributed by atoms with Crippen LogP contribution < -0.4 is 5.73 Å². The van der Waals surface area contributed by atoms with Crippen molar-refractivity contribution in [3.05, 3.63) is 29.6 Å². The van der Waals surface area contributed by atoms with E-state index in [4.69, 9.17) is 11.1 Å². The summed E-state index contributed by atoms with van der Waals surface area (Å²) in [6.07, 6.45) is 8.29. The highest BCUT2D eigenvalue weighted by molar-refractivity contribution is 5.94. The van der Waals surface area contributed by atoms with Gasteiger partial charge in [0.05, 0.1) is 0 Å². The van der Waals surface area contributed by atoms with Gasteiger partial charge in [0.1, 0.15) is 11.5 Å². The molecular formula is C16H26N4. The summed E-state index contributed by atoms with van der Waals surface area (Å²) in [4.78, 5) is 6.72. The van der Waals surface area contributed by atoms with E-state index in [1.165, 1.54) is 32.1 Å². The molecule has 1 aliphatic rings. The molecule has 0 amide bonds. The highest BCUT2D eigenvalue weighted by atomic mass is 15.1. The highest BCUT2D eigenvalue weighted by Crippen LogP contribution is 2.23. The predicted octanol–water partition coefficient (Wildman–Crippen LogP) is 2.77. The first-order valence-corrected chi connectivity index (χ1v) is 7.71. The molecule has 0 spiro atoms. The molecule has 0 aliphatic carbocycles. The molecule has 1 aliphatic heterocycles. The van der Waals surface area contributed by atoms with Gasteiger partial charge in [-0.25, -0.2) is 0 Å². The molecular weight excluding hydrogens is 248 g/mol. The van der Waals surface area contributed by atoms with Gasteiger partial charge in [0, 0.05) is 12.7 Å². The topological polar surface area (TPSA) is 66.0 Å². The fourth-order valence-corrected chi connectivity index (χ4v) is 3.13. The van der Waals surface area contributed by atoms with Crippen molar-refractivity contribution in [2.45, 2.75) is 45.6 Å². The molecule has 20 heavy (non-hydrogen) atoms. The monoisotopic (exact) mass is 274 g/mol. The lowest BCUT2D eigenvalue weighted by Crippen LogP contribution is -2.26. The van der Waals surface area contributed by atoms with Crippen molar-refractivity contribution in [3.8, 4) is 0 Å². The number of pyridine rings is 1. The maximum Gasteiger partial charge on any atom is 0.142 e. The van der Waals surface area contributed by atoms with E-state index in [2.05, 4.69) is 16.8 Å². The average molecular weight is 274 g/mol. The first-order chi connectivity index (χ1) is 9.70. The first-order valence-electron chi connectivity index (χ1n) is 7.71. The van der Waals surface area contributed by atoms with Gasteiger partial charge in [-0.2, -0.15) is 0 Å². The summed E-state index contributed by atoms with van der Waals surface area (Å²) < 4.78 is 0. The van der Waals surface area contributed by atoms with Crippen molar-refractivity contribution >= 4 is 5.84 Å². The molecule has 3 N–H and O–H groups in total. The van der Waals surface area contributed by atoms with Gasteiger partial charge < -0.3 is 5.73 Å². The van der Waals surface area contributed by atoms with Gasteiger partial charge in [0.2, 0.25) is 0 Å². The Morgan fingerprint density at radius 3 is 3.05 bits per heavy atom. The van der Waals surface area contributed by atoms with Crippen molar-refractivity contribution in [1.29, 1.82) is 5.41 Å². The van der Waals surface area contributed by atoms with Crippen molar-refractivity contribution in [2.24, 2.45) is 11.7 Å². The second-order valence-electron chi connectivity index (χ2n) is 5.79. The van der Waals surface area contributed by atoms with Gasteiger partial charge >= 0.3 is 0 Å². The van der Waals surface area contributed by atoms with Crippen LogP contribution in [-0.2, 0) is 6.54 Å². The molecule has 110 valence electrons. The molecule has 0 saturated carbocycles. The lowest BCUT2D eigenvalue weighted by molar-refractivity contribution is 0.271. The Hall–Kier alpha value is -1.42. The summed E-state index contributed by atoms with van der Waals surface area (Å²) >= 11 is 0. The molecule has 0 aromatic carbocycles. The maximum atomic E-state index is 7.62. The minimum Gasteiger partial charge on any atom is -0.382 e. The minimum atomic E-state index is 0.0688. The largest absolute Gasteiger partial charge is 0.382 e. The van der Waals surface area contributed by atoms with Crippen LogP contribution in [0.15, 0.2) is 18.3 Å². The van der Waals surface area contributed by atoms with E-state index in [0.29, 0.717) is 5.69 Å². The number of nitrogens with two attached hydrogens (primary N) is 1. The minimum absolute atomic E-state index is 0.0688. The lowest BCUT2D eigenvalue weighted by Gasteiger charge is -2.21. The van der Waals surface area contributed by atoms with Crippen molar-refractivity contribution < 1.29 is 0 Å². The second-order valence-corrected chi connectivity index (χ2v) is 5.79. The van der Waals surface area contributed by atoms with Crippen molar-refractivity contribution in [1.82, 2.24) is 9.88 Å². The van der Waals surface area contributed by atoms with Crippen LogP contribution in [0.4, 0.5) is 0 Å². The molecule has 1 fully saturated rings. The summed E-state index contributed by atoms with van der Waals surface area (Å²) in [6, 6.07) is 3.97. The second kappa shape index (κ2) is 7.39. The van der Waals surface area contributed by atoms with Gasteiger partial charge in [0.25, 0.3) is 0 Å². The summed E-state index contributed by atoms with van der Waals surface area (Å²) in [5, 5.41) is 7.62. The smallest absolute Gasteiger partial charge is 0.142 e. The predicted molar refractivity (Wildman–Crippen MR) is 82.8 cm³/mol. The average Bonchev–Trinajstić information content (AvgIpc) is 2.65. The molecule has 2 heterocycles. The highest BCUT2D eigenvalue weighted by Gasteiger charge is 2.18. The third-order valence-corrected chi connectivity index (χ3v) is 4.18. The van der Waals surface area contributed by atoms with E-state index in [1.807, 2.05) is 12.1 Å². The lowest BCUT2D eigenvalue weighted by atomic mass is 9.96. The molecule has 1 unspecified atom stereocenters. The molecule has 4 nitrogen and oxygen atoms in total. The van der Waals surface area contributed by atoms with Gasteiger partial charge in [0.15, 0.2) is 0 Å². The Morgan fingerprint density at radius 1 is 1.45 bits per heavy atom. The number of hydrogen-bond donors (Lipinski definition) is 2. The van der Waals surface area contributed by atoms with E-state index in [9.17, 15) is 0 Å². The number of nitrogens with one attached hydrogen (secondary N) is 1.